The first-order valence-electron chi connectivity index (χ1n) is 8.12. The van der Waals surface area contributed by atoms with Crippen molar-refractivity contribution in [2.75, 3.05) is 25.5 Å². The van der Waals surface area contributed by atoms with Crippen LogP contribution in [0.4, 0.5) is 5.69 Å². The highest BCUT2D eigenvalue weighted by Gasteiger charge is 2.53. The van der Waals surface area contributed by atoms with Gasteiger partial charge in [0.05, 0.1) is 17.4 Å². The van der Waals surface area contributed by atoms with E-state index >= 15 is 0 Å². The standard InChI is InChI=1S/C18H17BrN2O4S/c1-25-13-4-7-16-15(10-13)18(17(22)20-16)8-9-21(11-18)26(23,24)14-5-2-12(19)3-6-14/h2-7,10H,8-9,11H2,1H3,(H,20,22)/t18-/m0/s1. The highest BCUT2D eigenvalue weighted by Crippen LogP contribution is 2.46. The number of benzene rings is 2. The van der Waals surface area contributed by atoms with Gasteiger partial charge in [-0.3, -0.25) is 4.79 Å². The quantitative estimate of drug-likeness (QED) is 0.802. The zero-order valence-corrected chi connectivity index (χ0v) is 16.4. The van der Waals surface area contributed by atoms with Crippen molar-refractivity contribution in [1.82, 2.24) is 4.31 Å². The molecule has 0 bridgehead atoms. The zero-order valence-electron chi connectivity index (χ0n) is 14.0. The van der Waals surface area contributed by atoms with Crippen molar-refractivity contribution in [2.24, 2.45) is 0 Å². The van der Waals surface area contributed by atoms with Gasteiger partial charge in [-0.1, -0.05) is 15.9 Å². The van der Waals surface area contributed by atoms with Crippen LogP contribution in [-0.2, 0) is 20.2 Å². The van der Waals surface area contributed by atoms with Crippen LogP contribution < -0.4 is 10.1 Å². The van der Waals surface area contributed by atoms with Gasteiger partial charge in [0.1, 0.15) is 5.75 Å². The molecule has 1 atom stereocenters. The molecule has 1 amide bonds. The number of nitrogens with one attached hydrogen (secondary N) is 1. The van der Waals surface area contributed by atoms with Crippen molar-refractivity contribution in [1.29, 1.82) is 0 Å². The molecule has 4 rings (SSSR count). The first-order valence-corrected chi connectivity index (χ1v) is 10.4. The Labute approximate surface area is 160 Å². The number of fused-ring (bicyclic) bond motifs is 2. The normalized spacial score (nSPS) is 22.5. The van der Waals surface area contributed by atoms with Gasteiger partial charge >= 0.3 is 0 Å². The van der Waals surface area contributed by atoms with Crippen LogP contribution in [0.25, 0.3) is 0 Å². The summed E-state index contributed by atoms with van der Waals surface area (Å²) < 4.78 is 33.4. The fourth-order valence-corrected chi connectivity index (χ4v) is 5.42. The summed E-state index contributed by atoms with van der Waals surface area (Å²) in [6, 6.07) is 11.9. The molecule has 0 aromatic heterocycles. The molecule has 1 fully saturated rings. The second-order valence-corrected chi connectivity index (χ2v) is 9.34. The Morgan fingerprint density at radius 3 is 2.62 bits per heavy atom. The molecule has 1 N–H and O–H groups in total. The number of carbonyl (C=O) groups is 1. The SMILES string of the molecule is COc1ccc2c(c1)[C@@]1(CCN(S(=O)(=O)c3ccc(Br)cc3)C1)C(=O)N2. The predicted molar refractivity (Wildman–Crippen MR) is 101 cm³/mol. The van der Waals surface area contributed by atoms with Crippen molar-refractivity contribution in [2.45, 2.75) is 16.7 Å². The number of nitrogens with zero attached hydrogens (tertiary/aromatic N) is 1. The Bertz CT molecular complexity index is 991. The van der Waals surface area contributed by atoms with Gasteiger partial charge in [0, 0.05) is 23.2 Å². The maximum Gasteiger partial charge on any atom is 0.243 e. The lowest BCUT2D eigenvalue weighted by Gasteiger charge is -2.22. The Hall–Kier alpha value is -1.90. The summed E-state index contributed by atoms with van der Waals surface area (Å²) in [5.74, 6) is 0.489. The average Bonchev–Trinajstić information content (AvgIpc) is 3.19. The molecule has 2 aliphatic heterocycles. The molecule has 2 aliphatic rings. The lowest BCUT2D eigenvalue weighted by Crippen LogP contribution is -2.39. The van der Waals surface area contributed by atoms with E-state index in [2.05, 4.69) is 21.2 Å². The second-order valence-electron chi connectivity index (χ2n) is 6.49. The number of methoxy groups -OCH3 is 1. The molecule has 0 aliphatic carbocycles. The third-order valence-corrected chi connectivity index (χ3v) is 7.50. The molecule has 2 heterocycles. The molecule has 0 radical (unpaired) electrons. The third kappa shape index (κ3) is 2.55. The van der Waals surface area contributed by atoms with Crippen LogP contribution in [0.3, 0.4) is 0 Å². The summed E-state index contributed by atoms with van der Waals surface area (Å²) in [5.41, 5.74) is 0.654. The molecule has 0 saturated carbocycles. The highest BCUT2D eigenvalue weighted by molar-refractivity contribution is 9.10. The number of ether oxygens (including phenoxy) is 1. The van der Waals surface area contributed by atoms with Gasteiger partial charge in [-0.05, 0) is 54.4 Å². The van der Waals surface area contributed by atoms with Crippen LogP contribution >= 0.6 is 15.9 Å². The van der Waals surface area contributed by atoms with E-state index < -0.39 is 15.4 Å². The smallest absolute Gasteiger partial charge is 0.243 e. The molecule has 26 heavy (non-hydrogen) atoms. The minimum atomic E-state index is -3.66. The van der Waals surface area contributed by atoms with Gasteiger partial charge < -0.3 is 10.1 Å². The van der Waals surface area contributed by atoms with Crippen molar-refractivity contribution in [3.63, 3.8) is 0 Å². The number of hydrogen-bond acceptors (Lipinski definition) is 4. The highest BCUT2D eigenvalue weighted by atomic mass is 79.9. The van der Waals surface area contributed by atoms with E-state index in [1.165, 1.54) is 4.31 Å². The van der Waals surface area contributed by atoms with E-state index in [4.69, 9.17) is 4.74 Å². The van der Waals surface area contributed by atoms with Crippen LogP contribution in [0.5, 0.6) is 5.75 Å². The molecule has 6 nitrogen and oxygen atoms in total. The van der Waals surface area contributed by atoms with Gasteiger partial charge in [-0.2, -0.15) is 4.31 Å². The van der Waals surface area contributed by atoms with E-state index in [-0.39, 0.29) is 17.3 Å². The first-order chi connectivity index (χ1) is 12.4. The fourth-order valence-electron chi connectivity index (χ4n) is 3.66. The minimum absolute atomic E-state index is 0.122. The van der Waals surface area contributed by atoms with Crippen molar-refractivity contribution < 1.29 is 17.9 Å². The minimum Gasteiger partial charge on any atom is -0.497 e. The zero-order chi connectivity index (χ0) is 18.5. The maximum atomic E-state index is 13.0. The largest absolute Gasteiger partial charge is 0.497 e. The molecule has 1 saturated heterocycles. The van der Waals surface area contributed by atoms with Gasteiger partial charge in [0.25, 0.3) is 0 Å². The number of anilines is 1. The molecule has 136 valence electrons. The van der Waals surface area contributed by atoms with E-state index in [0.29, 0.717) is 18.7 Å². The van der Waals surface area contributed by atoms with Crippen LogP contribution in [0, 0.1) is 0 Å². The second kappa shape index (κ2) is 6.07. The van der Waals surface area contributed by atoms with Crippen molar-refractivity contribution in [3.8, 4) is 5.75 Å². The molecular weight excluding hydrogens is 420 g/mol. The average molecular weight is 437 g/mol. The van der Waals surface area contributed by atoms with Gasteiger partial charge in [-0.25, -0.2) is 8.42 Å². The molecule has 1 spiro atoms. The van der Waals surface area contributed by atoms with E-state index in [1.54, 1.807) is 43.5 Å². The molecular formula is C18H17BrN2O4S. The molecule has 8 heteroatoms. The number of amides is 1. The number of halogens is 1. The van der Waals surface area contributed by atoms with Gasteiger partial charge in [0.15, 0.2) is 0 Å². The Balaban J connectivity index is 1.71. The molecule has 0 unspecified atom stereocenters. The molecule has 2 aromatic rings. The van der Waals surface area contributed by atoms with Gasteiger partial charge in [0.2, 0.25) is 15.9 Å². The Morgan fingerprint density at radius 2 is 1.92 bits per heavy atom. The summed E-state index contributed by atoms with van der Waals surface area (Å²) in [4.78, 5) is 13.0. The van der Waals surface area contributed by atoms with E-state index in [0.717, 1.165) is 15.7 Å². The number of hydrogen-bond donors (Lipinski definition) is 1. The van der Waals surface area contributed by atoms with Crippen molar-refractivity contribution in [3.05, 3.63) is 52.5 Å². The summed E-state index contributed by atoms with van der Waals surface area (Å²) >= 11 is 3.31. The first kappa shape index (κ1) is 17.5. The van der Waals surface area contributed by atoms with Crippen LogP contribution in [-0.4, -0.2) is 38.8 Å². The van der Waals surface area contributed by atoms with Crippen LogP contribution in [0.2, 0.25) is 0 Å². The van der Waals surface area contributed by atoms with Gasteiger partial charge in [-0.15, -0.1) is 0 Å². The van der Waals surface area contributed by atoms with Crippen LogP contribution in [0.15, 0.2) is 51.8 Å². The summed E-state index contributed by atoms with van der Waals surface area (Å²) in [5, 5.41) is 2.88. The van der Waals surface area contributed by atoms with Crippen LogP contribution in [0.1, 0.15) is 12.0 Å². The Kier molecular flexibility index (Phi) is 4.09. The monoisotopic (exact) mass is 436 g/mol. The summed E-state index contributed by atoms with van der Waals surface area (Å²) in [6.45, 7) is 0.417. The van der Waals surface area contributed by atoms with Crippen molar-refractivity contribution >= 4 is 37.5 Å². The lowest BCUT2D eigenvalue weighted by molar-refractivity contribution is -0.120. The summed E-state index contributed by atoms with van der Waals surface area (Å²) in [6.07, 6.45) is 0.439. The summed E-state index contributed by atoms with van der Waals surface area (Å²) in [7, 11) is -2.09. The number of carbonyl (C=O) groups excluding carboxylic acids is 1. The third-order valence-electron chi connectivity index (χ3n) is 5.11. The maximum absolute atomic E-state index is 13.0. The van der Waals surface area contributed by atoms with E-state index in [9.17, 15) is 13.2 Å². The topological polar surface area (TPSA) is 75.7 Å². The predicted octanol–water partition coefficient (Wildman–Crippen LogP) is 2.74. The van der Waals surface area contributed by atoms with E-state index in [1.807, 2.05) is 6.07 Å². The number of sulfonamides is 1. The Morgan fingerprint density at radius 1 is 1.19 bits per heavy atom. The molecule has 2 aromatic carbocycles. The lowest BCUT2D eigenvalue weighted by atomic mass is 9.81. The fraction of sp³-hybridized carbons (Fsp3) is 0.278. The number of rotatable bonds is 3.